The standard InChI is InChI=1S/C14H10ClF2NOS/c15-10-6-8-11(9-7-10)18-13(19)14(16,17)20-12-4-2-1-3-5-12/h1-9H,(H,18,19). The Labute approximate surface area is 124 Å². The summed E-state index contributed by atoms with van der Waals surface area (Å²) in [5.74, 6) is -1.37. The third-order valence-corrected chi connectivity index (χ3v) is 3.56. The highest BCUT2D eigenvalue weighted by atomic mass is 35.5. The zero-order valence-corrected chi connectivity index (χ0v) is 11.7. The maximum absolute atomic E-state index is 13.8. The number of halogens is 3. The molecule has 104 valence electrons. The molecule has 20 heavy (non-hydrogen) atoms. The van der Waals surface area contributed by atoms with Crippen LogP contribution in [0.15, 0.2) is 59.5 Å². The molecule has 6 heteroatoms. The molecule has 2 rings (SSSR count). The van der Waals surface area contributed by atoms with Gasteiger partial charge in [0, 0.05) is 15.6 Å². The molecule has 0 bridgehead atoms. The lowest BCUT2D eigenvalue weighted by Crippen LogP contribution is -2.31. The van der Waals surface area contributed by atoms with Crippen molar-refractivity contribution in [1.82, 2.24) is 0 Å². The molecule has 0 atom stereocenters. The fraction of sp³-hybridized carbons (Fsp3) is 0.0714. The number of carbonyl (C=O) groups is 1. The van der Waals surface area contributed by atoms with E-state index in [0.717, 1.165) is 0 Å². The Morgan fingerprint density at radius 1 is 1.05 bits per heavy atom. The molecule has 0 aromatic heterocycles. The molecule has 1 N–H and O–H groups in total. The molecular formula is C14H10ClF2NOS. The Morgan fingerprint density at radius 3 is 2.25 bits per heavy atom. The third kappa shape index (κ3) is 3.95. The summed E-state index contributed by atoms with van der Waals surface area (Å²) in [4.78, 5) is 11.9. The molecule has 0 radical (unpaired) electrons. The molecule has 0 saturated heterocycles. The van der Waals surface area contributed by atoms with Crippen molar-refractivity contribution in [3.63, 3.8) is 0 Å². The van der Waals surface area contributed by atoms with Crippen molar-refractivity contribution >= 4 is 35.0 Å². The topological polar surface area (TPSA) is 29.1 Å². The van der Waals surface area contributed by atoms with Crippen molar-refractivity contribution < 1.29 is 13.6 Å². The number of hydrogen-bond donors (Lipinski definition) is 1. The molecular weight excluding hydrogens is 304 g/mol. The number of thioether (sulfide) groups is 1. The zero-order chi connectivity index (χ0) is 14.6. The second kappa shape index (κ2) is 6.24. The largest absolute Gasteiger partial charge is 0.375 e. The van der Waals surface area contributed by atoms with Gasteiger partial charge in [0.15, 0.2) is 0 Å². The summed E-state index contributed by atoms with van der Waals surface area (Å²) in [6.07, 6.45) is 0. The Bertz CT molecular complexity index is 590. The molecule has 2 aromatic carbocycles. The van der Waals surface area contributed by atoms with Gasteiger partial charge in [-0.05, 0) is 48.2 Å². The van der Waals surface area contributed by atoms with E-state index in [4.69, 9.17) is 11.6 Å². The van der Waals surface area contributed by atoms with E-state index in [9.17, 15) is 13.6 Å². The minimum atomic E-state index is -3.55. The quantitative estimate of drug-likeness (QED) is 0.831. The molecule has 1 amide bonds. The highest BCUT2D eigenvalue weighted by Gasteiger charge is 2.40. The highest BCUT2D eigenvalue weighted by Crippen LogP contribution is 2.36. The summed E-state index contributed by atoms with van der Waals surface area (Å²) in [7, 11) is 0. The Kier molecular flexibility index (Phi) is 4.62. The predicted molar refractivity (Wildman–Crippen MR) is 77.3 cm³/mol. The Balaban J connectivity index is 2.05. The molecule has 0 aliphatic heterocycles. The smallest absolute Gasteiger partial charge is 0.320 e. The number of nitrogens with one attached hydrogen (secondary N) is 1. The van der Waals surface area contributed by atoms with E-state index in [0.29, 0.717) is 9.92 Å². The number of anilines is 1. The summed E-state index contributed by atoms with van der Waals surface area (Å²) in [6, 6.07) is 14.0. The molecule has 0 spiro atoms. The van der Waals surface area contributed by atoms with Gasteiger partial charge in [-0.25, -0.2) is 0 Å². The van der Waals surface area contributed by atoms with E-state index in [-0.39, 0.29) is 17.4 Å². The van der Waals surface area contributed by atoms with Crippen LogP contribution >= 0.6 is 23.4 Å². The zero-order valence-electron chi connectivity index (χ0n) is 10.1. The van der Waals surface area contributed by atoms with Gasteiger partial charge in [-0.3, -0.25) is 4.79 Å². The molecule has 0 saturated carbocycles. The number of hydrogen-bond acceptors (Lipinski definition) is 2. The number of amides is 1. The average molecular weight is 314 g/mol. The first-order chi connectivity index (χ1) is 9.47. The second-order valence-electron chi connectivity index (χ2n) is 3.89. The molecule has 0 aliphatic carbocycles. The summed E-state index contributed by atoms with van der Waals surface area (Å²) in [5.41, 5.74) is 0.271. The molecule has 0 heterocycles. The van der Waals surface area contributed by atoms with Gasteiger partial charge in [0.2, 0.25) is 0 Å². The van der Waals surface area contributed by atoms with Crippen LogP contribution in [0.2, 0.25) is 5.02 Å². The lowest BCUT2D eigenvalue weighted by molar-refractivity contribution is -0.129. The number of carbonyl (C=O) groups excluding carboxylic acids is 1. The number of benzene rings is 2. The van der Waals surface area contributed by atoms with E-state index in [2.05, 4.69) is 5.32 Å². The van der Waals surface area contributed by atoms with Gasteiger partial charge in [0.25, 0.3) is 0 Å². The van der Waals surface area contributed by atoms with E-state index in [1.807, 2.05) is 0 Å². The van der Waals surface area contributed by atoms with Gasteiger partial charge in [-0.1, -0.05) is 29.8 Å². The van der Waals surface area contributed by atoms with Crippen LogP contribution in [-0.2, 0) is 4.79 Å². The maximum atomic E-state index is 13.8. The molecule has 2 aromatic rings. The average Bonchev–Trinajstić information content (AvgIpc) is 2.42. The monoisotopic (exact) mass is 313 g/mol. The minimum Gasteiger partial charge on any atom is -0.320 e. The van der Waals surface area contributed by atoms with Crippen molar-refractivity contribution in [1.29, 1.82) is 0 Å². The van der Waals surface area contributed by atoms with Crippen LogP contribution in [0.5, 0.6) is 0 Å². The van der Waals surface area contributed by atoms with Crippen molar-refractivity contribution in [2.45, 2.75) is 10.2 Å². The summed E-state index contributed by atoms with van der Waals surface area (Å²) < 4.78 is 27.6. The predicted octanol–water partition coefficient (Wildman–Crippen LogP) is 4.66. The SMILES string of the molecule is O=C(Nc1ccc(Cl)cc1)C(F)(F)Sc1ccccc1. The van der Waals surface area contributed by atoms with Gasteiger partial charge in [-0.15, -0.1) is 0 Å². The lowest BCUT2D eigenvalue weighted by Gasteiger charge is -2.15. The second-order valence-corrected chi connectivity index (χ2v) is 5.52. The lowest BCUT2D eigenvalue weighted by atomic mass is 10.3. The van der Waals surface area contributed by atoms with Gasteiger partial charge in [-0.2, -0.15) is 8.78 Å². The van der Waals surface area contributed by atoms with Gasteiger partial charge >= 0.3 is 11.2 Å². The van der Waals surface area contributed by atoms with Gasteiger partial charge in [0.05, 0.1) is 0 Å². The van der Waals surface area contributed by atoms with E-state index in [1.54, 1.807) is 18.2 Å². The fourth-order valence-corrected chi connectivity index (χ4v) is 2.28. The minimum absolute atomic E-state index is 0.205. The van der Waals surface area contributed by atoms with E-state index in [1.165, 1.54) is 36.4 Å². The number of alkyl halides is 2. The maximum Gasteiger partial charge on any atom is 0.375 e. The van der Waals surface area contributed by atoms with Crippen LogP contribution in [0.3, 0.4) is 0 Å². The van der Waals surface area contributed by atoms with Crippen LogP contribution in [0.25, 0.3) is 0 Å². The van der Waals surface area contributed by atoms with Crippen LogP contribution < -0.4 is 5.32 Å². The first kappa shape index (κ1) is 14.8. The first-order valence-electron chi connectivity index (χ1n) is 5.66. The third-order valence-electron chi connectivity index (χ3n) is 2.36. The summed E-state index contributed by atoms with van der Waals surface area (Å²) in [6.45, 7) is 0. The normalized spacial score (nSPS) is 11.2. The molecule has 0 unspecified atom stereocenters. The van der Waals surface area contributed by atoms with Crippen molar-refractivity contribution in [3.05, 3.63) is 59.6 Å². The first-order valence-corrected chi connectivity index (χ1v) is 6.86. The molecule has 0 fully saturated rings. The van der Waals surface area contributed by atoms with Crippen LogP contribution in [0.1, 0.15) is 0 Å². The van der Waals surface area contributed by atoms with E-state index < -0.39 is 11.2 Å². The Morgan fingerprint density at radius 2 is 1.65 bits per heavy atom. The summed E-state index contributed by atoms with van der Waals surface area (Å²) >= 11 is 5.89. The van der Waals surface area contributed by atoms with E-state index >= 15 is 0 Å². The van der Waals surface area contributed by atoms with Crippen molar-refractivity contribution in [2.24, 2.45) is 0 Å². The van der Waals surface area contributed by atoms with Crippen molar-refractivity contribution in [2.75, 3.05) is 5.32 Å². The van der Waals surface area contributed by atoms with Gasteiger partial charge in [0.1, 0.15) is 0 Å². The van der Waals surface area contributed by atoms with Crippen LogP contribution in [-0.4, -0.2) is 11.2 Å². The highest BCUT2D eigenvalue weighted by molar-refractivity contribution is 8.01. The van der Waals surface area contributed by atoms with Gasteiger partial charge < -0.3 is 5.32 Å². The van der Waals surface area contributed by atoms with Crippen LogP contribution in [0, 0.1) is 0 Å². The Hall–Kier alpha value is -1.59. The fourth-order valence-electron chi connectivity index (χ4n) is 1.42. The molecule has 0 aliphatic rings. The summed E-state index contributed by atoms with van der Waals surface area (Å²) in [5, 5.41) is -0.927. The van der Waals surface area contributed by atoms with Crippen LogP contribution in [0.4, 0.5) is 14.5 Å². The van der Waals surface area contributed by atoms with Crippen molar-refractivity contribution in [3.8, 4) is 0 Å². The number of rotatable bonds is 4. The molecule has 2 nitrogen and oxygen atoms in total.